The molecule has 1 fully saturated rings. The zero-order valence-corrected chi connectivity index (χ0v) is 7.91. The second kappa shape index (κ2) is 3.33. The molecule has 0 amide bonds. The van der Waals surface area contributed by atoms with E-state index in [4.69, 9.17) is 5.73 Å². The molecule has 0 unspecified atom stereocenters. The molecule has 1 saturated carbocycles. The van der Waals surface area contributed by atoms with Crippen LogP contribution >= 0.6 is 0 Å². The second-order valence-corrected chi connectivity index (χ2v) is 4.09. The minimum absolute atomic E-state index is 0.192. The van der Waals surface area contributed by atoms with Crippen molar-refractivity contribution < 1.29 is 9.50 Å². The highest BCUT2D eigenvalue weighted by Gasteiger charge is 2.41. The topological polar surface area (TPSA) is 46.2 Å². The van der Waals surface area contributed by atoms with E-state index in [2.05, 4.69) is 0 Å². The smallest absolute Gasteiger partial charge is 0.123 e. The van der Waals surface area contributed by atoms with Crippen molar-refractivity contribution in [2.45, 2.75) is 30.9 Å². The number of benzene rings is 1. The molecular formula is C11H14FNO. The Morgan fingerprint density at radius 3 is 2.43 bits per heavy atom. The lowest BCUT2D eigenvalue weighted by Gasteiger charge is -2.15. The van der Waals surface area contributed by atoms with Crippen LogP contribution in [-0.2, 0) is 0 Å². The largest absolute Gasteiger partial charge is 0.390 e. The summed E-state index contributed by atoms with van der Waals surface area (Å²) in [6.07, 6.45) is 2.24. The summed E-state index contributed by atoms with van der Waals surface area (Å²) < 4.78 is 12.6. The maximum Gasteiger partial charge on any atom is 0.123 e. The first kappa shape index (κ1) is 9.62. The molecule has 3 heteroatoms. The molecule has 14 heavy (non-hydrogen) atoms. The van der Waals surface area contributed by atoms with E-state index in [-0.39, 0.29) is 11.9 Å². The van der Waals surface area contributed by atoms with Gasteiger partial charge in [0.2, 0.25) is 0 Å². The number of nitrogens with two attached hydrogens (primary N) is 1. The highest BCUT2D eigenvalue weighted by Crippen LogP contribution is 2.41. The minimum Gasteiger partial charge on any atom is -0.390 e. The summed E-state index contributed by atoms with van der Waals surface area (Å²) in [4.78, 5) is 0. The Balaban J connectivity index is 2.03. The fourth-order valence-electron chi connectivity index (χ4n) is 1.59. The Morgan fingerprint density at radius 1 is 1.36 bits per heavy atom. The van der Waals surface area contributed by atoms with E-state index >= 15 is 0 Å². The van der Waals surface area contributed by atoms with Crippen LogP contribution in [0.15, 0.2) is 24.3 Å². The van der Waals surface area contributed by atoms with Crippen LogP contribution in [0.4, 0.5) is 4.39 Å². The van der Waals surface area contributed by atoms with E-state index in [1.807, 2.05) is 0 Å². The Bertz CT molecular complexity index is 319. The molecule has 0 radical (unpaired) electrons. The molecule has 1 aliphatic carbocycles. The van der Waals surface area contributed by atoms with Crippen LogP contribution < -0.4 is 5.73 Å². The molecule has 76 valence electrons. The second-order valence-electron chi connectivity index (χ2n) is 4.09. The standard InChI is InChI=1S/C11H14FNO/c12-9-3-1-8(2-4-9)10(13)7-11(14)5-6-11/h1-4,10,14H,5-7,13H2/t10-/m0/s1. The summed E-state index contributed by atoms with van der Waals surface area (Å²) in [5.74, 6) is -0.258. The maximum absolute atomic E-state index is 12.6. The maximum atomic E-state index is 12.6. The fraction of sp³-hybridized carbons (Fsp3) is 0.455. The lowest BCUT2D eigenvalue weighted by atomic mass is 10.0. The molecule has 1 aromatic rings. The van der Waals surface area contributed by atoms with E-state index < -0.39 is 5.60 Å². The van der Waals surface area contributed by atoms with Gasteiger partial charge in [0, 0.05) is 6.04 Å². The van der Waals surface area contributed by atoms with Crippen molar-refractivity contribution in [1.29, 1.82) is 0 Å². The van der Waals surface area contributed by atoms with E-state index in [0.29, 0.717) is 6.42 Å². The zero-order valence-electron chi connectivity index (χ0n) is 7.91. The first-order valence-electron chi connectivity index (χ1n) is 4.82. The molecule has 1 atom stereocenters. The molecule has 1 aliphatic rings. The van der Waals surface area contributed by atoms with Crippen molar-refractivity contribution in [2.24, 2.45) is 5.73 Å². The van der Waals surface area contributed by atoms with Crippen molar-refractivity contribution >= 4 is 0 Å². The normalized spacial score (nSPS) is 20.5. The Morgan fingerprint density at radius 2 is 1.93 bits per heavy atom. The van der Waals surface area contributed by atoms with Crippen molar-refractivity contribution in [3.05, 3.63) is 35.6 Å². The third-order valence-corrected chi connectivity index (χ3v) is 2.73. The molecular weight excluding hydrogens is 181 g/mol. The fourth-order valence-corrected chi connectivity index (χ4v) is 1.59. The summed E-state index contributed by atoms with van der Waals surface area (Å²) in [6.45, 7) is 0. The summed E-state index contributed by atoms with van der Waals surface area (Å²) in [5.41, 5.74) is 6.22. The van der Waals surface area contributed by atoms with Crippen LogP contribution in [0.5, 0.6) is 0 Å². The van der Waals surface area contributed by atoms with Crippen LogP contribution in [0, 0.1) is 5.82 Å². The van der Waals surface area contributed by atoms with Crippen LogP contribution in [0.3, 0.4) is 0 Å². The van der Waals surface area contributed by atoms with Crippen LogP contribution in [0.25, 0.3) is 0 Å². The number of hydrogen-bond donors (Lipinski definition) is 2. The summed E-state index contributed by atoms with van der Waals surface area (Å²) in [7, 11) is 0. The van der Waals surface area contributed by atoms with Gasteiger partial charge in [0.25, 0.3) is 0 Å². The summed E-state index contributed by atoms with van der Waals surface area (Å²) >= 11 is 0. The molecule has 0 aliphatic heterocycles. The van der Waals surface area contributed by atoms with Gasteiger partial charge >= 0.3 is 0 Å². The number of rotatable bonds is 3. The van der Waals surface area contributed by atoms with Crippen molar-refractivity contribution in [2.75, 3.05) is 0 Å². The van der Waals surface area contributed by atoms with Gasteiger partial charge < -0.3 is 10.8 Å². The molecule has 0 aromatic heterocycles. The lowest BCUT2D eigenvalue weighted by Crippen LogP contribution is -2.19. The Kier molecular flexibility index (Phi) is 2.29. The van der Waals surface area contributed by atoms with Gasteiger partial charge in [0.15, 0.2) is 0 Å². The van der Waals surface area contributed by atoms with E-state index in [1.165, 1.54) is 12.1 Å². The number of aliphatic hydroxyl groups is 1. The third-order valence-electron chi connectivity index (χ3n) is 2.73. The lowest BCUT2D eigenvalue weighted by molar-refractivity contribution is 0.131. The molecule has 1 aromatic carbocycles. The van der Waals surface area contributed by atoms with Crippen LogP contribution in [0.1, 0.15) is 30.9 Å². The van der Waals surface area contributed by atoms with E-state index in [0.717, 1.165) is 18.4 Å². The van der Waals surface area contributed by atoms with Gasteiger partial charge in [0.1, 0.15) is 5.82 Å². The van der Waals surface area contributed by atoms with Gasteiger partial charge in [0.05, 0.1) is 5.60 Å². The van der Waals surface area contributed by atoms with Gasteiger partial charge in [-0.25, -0.2) is 4.39 Å². The van der Waals surface area contributed by atoms with E-state index in [9.17, 15) is 9.50 Å². The van der Waals surface area contributed by atoms with Gasteiger partial charge in [-0.2, -0.15) is 0 Å². The molecule has 0 saturated heterocycles. The predicted molar refractivity (Wildman–Crippen MR) is 52.1 cm³/mol. The van der Waals surface area contributed by atoms with Crippen molar-refractivity contribution in [3.63, 3.8) is 0 Å². The SMILES string of the molecule is N[C@@H](CC1(O)CC1)c1ccc(F)cc1. The summed E-state index contributed by atoms with van der Waals surface area (Å²) in [6, 6.07) is 5.94. The average Bonchev–Trinajstić information content (AvgIpc) is 2.84. The quantitative estimate of drug-likeness (QED) is 0.771. The minimum atomic E-state index is -0.548. The highest BCUT2D eigenvalue weighted by molar-refractivity contribution is 5.20. The molecule has 3 N–H and O–H groups in total. The molecule has 0 bridgehead atoms. The molecule has 0 spiro atoms. The monoisotopic (exact) mass is 195 g/mol. The van der Waals surface area contributed by atoms with Gasteiger partial charge in [-0.3, -0.25) is 0 Å². The Hall–Kier alpha value is -0.930. The number of hydrogen-bond acceptors (Lipinski definition) is 2. The summed E-state index contributed by atoms with van der Waals surface area (Å²) in [5, 5.41) is 9.66. The van der Waals surface area contributed by atoms with Crippen molar-refractivity contribution in [1.82, 2.24) is 0 Å². The van der Waals surface area contributed by atoms with Crippen LogP contribution in [-0.4, -0.2) is 10.7 Å². The predicted octanol–water partition coefficient (Wildman–Crippen LogP) is 1.74. The van der Waals surface area contributed by atoms with Gasteiger partial charge in [-0.15, -0.1) is 0 Å². The molecule has 0 heterocycles. The molecule has 2 nitrogen and oxygen atoms in total. The third kappa shape index (κ3) is 2.11. The zero-order chi connectivity index (χ0) is 10.2. The molecule has 2 rings (SSSR count). The first-order chi connectivity index (χ1) is 6.59. The average molecular weight is 195 g/mol. The highest BCUT2D eigenvalue weighted by atomic mass is 19.1. The van der Waals surface area contributed by atoms with Crippen LogP contribution in [0.2, 0.25) is 0 Å². The number of halogens is 1. The van der Waals surface area contributed by atoms with Gasteiger partial charge in [-0.05, 0) is 37.0 Å². The Labute approximate surface area is 82.5 Å². The first-order valence-corrected chi connectivity index (χ1v) is 4.82. The van der Waals surface area contributed by atoms with Gasteiger partial charge in [-0.1, -0.05) is 12.1 Å². The van der Waals surface area contributed by atoms with Crippen molar-refractivity contribution in [3.8, 4) is 0 Å². The van der Waals surface area contributed by atoms with E-state index in [1.54, 1.807) is 12.1 Å².